The molecule has 0 aliphatic carbocycles. The van der Waals surface area contributed by atoms with Crippen molar-refractivity contribution in [2.24, 2.45) is 0 Å². The first-order valence-corrected chi connectivity index (χ1v) is 7.15. The molecule has 0 unspecified atom stereocenters. The lowest BCUT2D eigenvalue weighted by Gasteiger charge is -2.18. The van der Waals surface area contributed by atoms with Crippen molar-refractivity contribution in [1.82, 2.24) is 4.90 Å². The van der Waals surface area contributed by atoms with Crippen LogP contribution < -0.4 is 5.73 Å². The minimum absolute atomic E-state index is 0.0593. The summed E-state index contributed by atoms with van der Waals surface area (Å²) in [6, 6.07) is 5.38. The van der Waals surface area contributed by atoms with Crippen LogP contribution in [0.1, 0.15) is 16.6 Å². The zero-order valence-corrected chi connectivity index (χ0v) is 12.1. The van der Waals surface area contributed by atoms with Gasteiger partial charge in [0.2, 0.25) is 0 Å². The van der Waals surface area contributed by atoms with Crippen LogP contribution >= 0.6 is 22.9 Å². The maximum Gasteiger partial charge on any atom is 0.266 e. The first-order chi connectivity index (χ1) is 9.08. The van der Waals surface area contributed by atoms with Gasteiger partial charge in [-0.3, -0.25) is 4.79 Å². The highest BCUT2D eigenvalue weighted by Gasteiger charge is 2.20. The largest absolute Gasteiger partial charge is 0.397 e. The van der Waals surface area contributed by atoms with Gasteiger partial charge in [0.15, 0.2) is 0 Å². The summed E-state index contributed by atoms with van der Waals surface area (Å²) in [7, 11) is 0. The number of nitrogen functional groups attached to an aromatic ring is 1. The van der Waals surface area contributed by atoms with E-state index in [1.165, 1.54) is 11.3 Å². The van der Waals surface area contributed by atoms with E-state index in [0.29, 0.717) is 28.7 Å². The van der Waals surface area contributed by atoms with Gasteiger partial charge in [-0.2, -0.15) is 0 Å². The molecule has 0 saturated carbocycles. The molecular formula is C13H15ClN2O2S. The lowest BCUT2D eigenvalue weighted by Crippen LogP contribution is -2.33. The van der Waals surface area contributed by atoms with E-state index < -0.39 is 0 Å². The van der Waals surface area contributed by atoms with E-state index in [0.717, 1.165) is 10.1 Å². The quantitative estimate of drug-likeness (QED) is 0.912. The Morgan fingerprint density at radius 3 is 2.89 bits per heavy atom. The minimum atomic E-state index is -0.147. The van der Waals surface area contributed by atoms with Gasteiger partial charge in [-0.1, -0.05) is 11.6 Å². The van der Waals surface area contributed by atoms with Crippen LogP contribution in [0.4, 0.5) is 5.69 Å². The predicted octanol–water partition coefficient (Wildman–Crippen LogP) is 2.59. The molecule has 1 aromatic heterocycles. The molecule has 0 radical (unpaired) electrons. The Morgan fingerprint density at radius 2 is 2.26 bits per heavy atom. The van der Waals surface area contributed by atoms with E-state index in [9.17, 15) is 4.79 Å². The Labute approximate surface area is 120 Å². The van der Waals surface area contributed by atoms with Gasteiger partial charge in [0, 0.05) is 28.2 Å². The lowest BCUT2D eigenvalue weighted by atomic mass is 10.2. The Morgan fingerprint density at radius 1 is 1.53 bits per heavy atom. The molecule has 0 fully saturated rings. The Kier molecular flexibility index (Phi) is 4.29. The second-order valence-corrected chi connectivity index (χ2v) is 5.58. The van der Waals surface area contributed by atoms with E-state index in [-0.39, 0.29) is 12.5 Å². The van der Waals surface area contributed by atoms with Crippen molar-refractivity contribution in [2.45, 2.75) is 6.92 Å². The SMILES string of the molecule is CCN(CCO)C(=O)c1sc2cc(Cl)ccc2c1N. The van der Waals surface area contributed by atoms with Gasteiger partial charge in [-0.25, -0.2) is 0 Å². The number of nitrogens with zero attached hydrogens (tertiary/aromatic N) is 1. The molecule has 6 heteroatoms. The van der Waals surface area contributed by atoms with Crippen molar-refractivity contribution in [1.29, 1.82) is 0 Å². The van der Waals surface area contributed by atoms with Crippen LogP contribution in [0, 0.1) is 0 Å². The number of hydrogen-bond acceptors (Lipinski definition) is 4. The highest BCUT2D eigenvalue weighted by atomic mass is 35.5. The van der Waals surface area contributed by atoms with Crippen molar-refractivity contribution < 1.29 is 9.90 Å². The maximum atomic E-state index is 12.4. The monoisotopic (exact) mass is 298 g/mol. The molecule has 2 rings (SSSR count). The molecule has 0 aliphatic heterocycles. The number of rotatable bonds is 4. The van der Waals surface area contributed by atoms with Gasteiger partial charge in [-0.15, -0.1) is 11.3 Å². The minimum Gasteiger partial charge on any atom is -0.397 e. The molecule has 19 heavy (non-hydrogen) atoms. The van der Waals surface area contributed by atoms with Crippen molar-refractivity contribution in [3.05, 3.63) is 28.1 Å². The smallest absolute Gasteiger partial charge is 0.266 e. The van der Waals surface area contributed by atoms with Crippen LogP contribution in [0.5, 0.6) is 0 Å². The Balaban J connectivity index is 2.44. The molecule has 2 aromatic rings. The summed E-state index contributed by atoms with van der Waals surface area (Å²) in [5.74, 6) is -0.147. The second-order valence-electron chi connectivity index (χ2n) is 4.09. The fourth-order valence-electron chi connectivity index (χ4n) is 1.92. The highest BCUT2D eigenvalue weighted by molar-refractivity contribution is 7.21. The number of aliphatic hydroxyl groups excluding tert-OH is 1. The molecule has 4 nitrogen and oxygen atoms in total. The van der Waals surface area contributed by atoms with Gasteiger partial charge >= 0.3 is 0 Å². The Hall–Kier alpha value is -1.30. The molecule has 3 N–H and O–H groups in total. The number of nitrogens with two attached hydrogens (primary N) is 1. The molecule has 1 amide bonds. The van der Waals surface area contributed by atoms with Gasteiger partial charge in [0.25, 0.3) is 5.91 Å². The standard InChI is InChI=1S/C13H15ClN2O2S/c1-2-16(5-6-17)13(18)12-11(15)9-4-3-8(14)7-10(9)19-12/h3-4,7,17H,2,5-6,15H2,1H3. The fraction of sp³-hybridized carbons (Fsp3) is 0.308. The first kappa shape index (κ1) is 14.1. The summed E-state index contributed by atoms with van der Waals surface area (Å²) in [6.45, 7) is 2.65. The zero-order valence-electron chi connectivity index (χ0n) is 10.5. The molecule has 0 saturated heterocycles. The lowest BCUT2D eigenvalue weighted by molar-refractivity contribution is 0.0738. The number of thiophene rings is 1. The number of aliphatic hydroxyl groups is 1. The maximum absolute atomic E-state index is 12.4. The van der Waals surface area contributed by atoms with Crippen molar-refractivity contribution in [3.63, 3.8) is 0 Å². The van der Waals surface area contributed by atoms with Gasteiger partial charge < -0.3 is 15.7 Å². The highest BCUT2D eigenvalue weighted by Crippen LogP contribution is 2.35. The number of carbonyl (C=O) groups excluding carboxylic acids is 1. The van der Waals surface area contributed by atoms with E-state index in [1.807, 2.05) is 13.0 Å². The third kappa shape index (κ3) is 2.68. The average molecular weight is 299 g/mol. The fourth-order valence-corrected chi connectivity index (χ4v) is 3.28. The summed E-state index contributed by atoms with van der Waals surface area (Å²) in [6.07, 6.45) is 0. The average Bonchev–Trinajstić information content (AvgIpc) is 2.72. The van der Waals surface area contributed by atoms with Crippen molar-refractivity contribution >= 4 is 44.6 Å². The van der Waals surface area contributed by atoms with Gasteiger partial charge in [-0.05, 0) is 25.1 Å². The third-order valence-corrected chi connectivity index (χ3v) is 4.32. The summed E-state index contributed by atoms with van der Waals surface area (Å²) in [5, 5.41) is 10.4. The number of halogens is 1. The third-order valence-electron chi connectivity index (χ3n) is 2.92. The van der Waals surface area contributed by atoms with E-state index in [2.05, 4.69) is 0 Å². The van der Waals surface area contributed by atoms with Crippen molar-refractivity contribution in [2.75, 3.05) is 25.4 Å². The topological polar surface area (TPSA) is 66.6 Å². The number of fused-ring (bicyclic) bond motifs is 1. The zero-order chi connectivity index (χ0) is 14.0. The number of anilines is 1. The van der Waals surface area contributed by atoms with E-state index in [4.69, 9.17) is 22.4 Å². The number of hydrogen-bond donors (Lipinski definition) is 2. The summed E-state index contributed by atoms with van der Waals surface area (Å²) >= 11 is 7.27. The first-order valence-electron chi connectivity index (χ1n) is 5.96. The van der Waals surface area contributed by atoms with E-state index >= 15 is 0 Å². The predicted molar refractivity (Wildman–Crippen MR) is 79.9 cm³/mol. The number of carbonyl (C=O) groups is 1. The van der Waals surface area contributed by atoms with Crippen LogP contribution in [0.15, 0.2) is 18.2 Å². The van der Waals surface area contributed by atoms with E-state index in [1.54, 1.807) is 17.0 Å². The molecule has 1 heterocycles. The Bertz CT molecular complexity index is 612. The van der Waals surface area contributed by atoms with Crippen molar-refractivity contribution in [3.8, 4) is 0 Å². The summed E-state index contributed by atoms with van der Waals surface area (Å²) < 4.78 is 0.897. The molecule has 0 spiro atoms. The molecule has 102 valence electrons. The molecule has 0 aliphatic rings. The number of amides is 1. The molecule has 1 aromatic carbocycles. The molecule has 0 bridgehead atoms. The van der Waals surface area contributed by atoms with Crippen LogP contribution in [0.3, 0.4) is 0 Å². The summed E-state index contributed by atoms with van der Waals surface area (Å²) in [4.78, 5) is 14.4. The van der Waals surface area contributed by atoms with Gasteiger partial charge in [0.05, 0.1) is 12.3 Å². The van der Waals surface area contributed by atoms with Crippen LogP contribution in [-0.4, -0.2) is 35.6 Å². The second kappa shape index (κ2) is 5.77. The molecular weight excluding hydrogens is 284 g/mol. The van der Waals surface area contributed by atoms with Crippen LogP contribution in [0.25, 0.3) is 10.1 Å². The summed E-state index contributed by atoms with van der Waals surface area (Å²) in [5.41, 5.74) is 6.52. The normalized spacial score (nSPS) is 10.9. The van der Waals surface area contributed by atoms with Gasteiger partial charge in [0.1, 0.15) is 4.88 Å². The number of likely N-dealkylation sites (N-methyl/N-ethyl adjacent to an activating group) is 1. The van der Waals surface area contributed by atoms with Crippen LogP contribution in [0.2, 0.25) is 5.02 Å². The number of benzene rings is 1. The van der Waals surface area contributed by atoms with Crippen LogP contribution in [-0.2, 0) is 0 Å². The molecule has 0 atom stereocenters.